The van der Waals surface area contributed by atoms with E-state index in [0.29, 0.717) is 22.3 Å². The molecule has 0 aliphatic carbocycles. The molecule has 1 unspecified atom stereocenters. The molecule has 0 radical (unpaired) electrons. The number of nitrogens with one attached hydrogen (secondary N) is 1. The van der Waals surface area contributed by atoms with Crippen molar-refractivity contribution in [2.45, 2.75) is 19.6 Å². The lowest BCUT2D eigenvalue weighted by Crippen LogP contribution is -2.35. The van der Waals surface area contributed by atoms with Crippen molar-refractivity contribution in [1.29, 1.82) is 0 Å². The molecule has 3 rings (SSSR count). The Balaban J connectivity index is 1.70. The summed E-state index contributed by atoms with van der Waals surface area (Å²) in [4.78, 5) is 29.0. The van der Waals surface area contributed by atoms with Gasteiger partial charge in [-0.25, -0.2) is 9.37 Å². The number of fused-ring (bicyclic) bond motifs is 1. The third-order valence-corrected chi connectivity index (χ3v) is 4.08. The van der Waals surface area contributed by atoms with E-state index in [1.807, 2.05) is 0 Å². The van der Waals surface area contributed by atoms with Gasteiger partial charge in [0.25, 0.3) is 5.56 Å². The van der Waals surface area contributed by atoms with Crippen LogP contribution < -0.4 is 10.9 Å². The first-order valence-corrected chi connectivity index (χ1v) is 8.12. The minimum absolute atomic E-state index is 0.0862. The van der Waals surface area contributed by atoms with Crippen LogP contribution in [0, 0.1) is 12.7 Å². The third kappa shape index (κ3) is 3.78. The van der Waals surface area contributed by atoms with Crippen LogP contribution >= 0.6 is 0 Å². The molecule has 3 aromatic rings. The molecule has 7 heteroatoms. The predicted molar refractivity (Wildman–Crippen MR) is 95.1 cm³/mol. The number of benzene rings is 2. The Morgan fingerprint density at radius 3 is 2.81 bits per heavy atom. The first-order valence-electron chi connectivity index (χ1n) is 8.12. The van der Waals surface area contributed by atoms with Crippen molar-refractivity contribution < 1.29 is 14.3 Å². The third-order valence-electron chi connectivity index (χ3n) is 4.08. The monoisotopic (exact) mass is 355 g/mol. The number of carbonyl (C=O) groups is 1. The maximum atomic E-state index is 13.2. The van der Waals surface area contributed by atoms with E-state index in [1.165, 1.54) is 22.8 Å². The summed E-state index contributed by atoms with van der Waals surface area (Å²) < 4.78 is 14.5. The standard InChI is InChI=1S/C19H18FN3O3/c1-12-22-16-8-3-2-7-15(16)19(26)23(12)11-18(25)21-10-17(24)13-5-4-6-14(20)9-13/h2-9,17,24H,10-11H2,1H3,(H,21,25). The number of nitrogens with zero attached hydrogens (tertiary/aromatic N) is 2. The van der Waals surface area contributed by atoms with Crippen molar-refractivity contribution in [3.8, 4) is 0 Å². The summed E-state index contributed by atoms with van der Waals surface area (Å²) in [6.45, 7) is 1.36. The molecule has 6 nitrogen and oxygen atoms in total. The van der Waals surface area contributed by atoms with E-state index in [0.717, 1.165) is 0 Å². The van der Waals surface area contributed by atoms with Crippen LogP contribution in [-0.2, 0) is 11.3 Å². The lowest BCUT2D eigenvalue weighted by molar-refractivity contribution is -0.122. The van der Waals surface area contributed by atoms with Gasteiger partial charge in [0.05, 0.1) is 17.0 Å². The highest BCUT2D eigenvalue weighted by Gasteiger charge is 2.13. The van der Waals surface area contributed by atoms with Crippen LogP contribution in [0.2, 0.25) is 0 Å². The van der Waals surface area contributed by atoms with E-state index >= 15 is 0 Å². The van der Waals surface area contributed by atoms with E-state index < -0.39 is 17.8 Å². The van der Waals surface area contributed by atoms with Crippen molar-refractivity contribution in [2.75, 3.05) is 6.54 Å². The van der Waals surface area contributed by atoms with E-state index in [2.05, 4.69) is 10.3 Å². The number of aliphatic hydroxyl groups is 1. The Hall–Kier alpha value is -3.06. The number of hydrogen-bond acceptors (Lipinski definition) is 4. The zero-order valence-corrected chi connectivity index (χ0v) is 14.1. The summed E-state index contributed by atoms with van der Waals surface area (Å²) in [5, 5.41) is 13.0. The van der Waals surface area contributed by atoms with Crippen LogP contribution in [0.3, 0.4) is 0 Å². The second-order valence-corrected chi connectivity index (χ2v) is 5.94. The normalized spacial score (nSPS) is 12.1. The Kier molecular flexibility index (Phi) is 5.09. The first-order chi connectivity index (χ1) is 12.5. The highest BCUT2D eigenvalue weighted by Crippen LogP contribution is 2.13. The Morgan fingerprint density at radius 1 is 1.27 bits per heavy atom. The highest BCUT2D eigenvalue weighted by molar-refractivity contribution is 5.79. The van der Waals surface area contributed by atoms with E-state index in [4.69, 9.17) is 0 Å². The molecule has 0 spiro atoms. The average Bonchev–Trinajstić information content (AvgIpc) is 2.63. The molecule has 1 atom stereocenters. The quantitative estimate of drug-likeness (QED) is 0.730. The molecule has 0 fully saturated rings. The minimum Gasteiger partial charge on any atom is -0.387 e. The zero-order valence-electron chi connectivity index (χ0n) is 14.1. The van der Waals surface area contributed by atoms with Gasteiger partial charge in [-0.3, -0.25) is 14.2 Å². The summed E-state index contributed by atoms with van der Waals surface area (Å²) in [5.41, 5.74) is 0.646. The summed E-state index contributed by atoms with van der Waals surface area (Å²) in [6.07, 6.45) is -1.04. The van der Waals surface area contributed by atoms with Gasteiger partial charge in [-0.05, 0) is 36.8 Å². The molecule has 0 bridgehead atoms. The van der Waals surface area contributed by atoms with Gasteiger partial charge >= 0.3 is 0 Å². The number of carbonyl (C=O) groups excluding carboxylic acids is 1. The maximum Gasteiger partial charge on any atom is 0.261 e. The van der Waals surface area contributed by atoms with Crippen LogP contribution in [0.25, 0.3) is 10.9 Å². The SMILES string of the molecule is Cc1nc2ccccc2c(=O)n1CC(=O)NCC(O)c1cccc(F)c1. The van der Waals surface area contributed by atoms with Gasteiger partial charge in [0.1, 0.15) is 18.2 Å². The lowest BCUT2D eigenvalue weighted by Gasteiger charge is -2.14. The lowest BCUT2D eigenvalue weighted by atomic mass is 10.1. The molecule has 2 N–H and O–H groups in total. The van der Waals surface area contributed by atoms with E-state index in [1.54, 1.807) is 37.3 Å². The van der Waals surface area contributed by atoms with Gasteiger partial charge in [0.2, 0.25) is 5.91 Å². The molecule has 1 amide bonds. The van der Waals surface area contributed by atoms with Crippen LogP contribution in [0.4, 0.5) is 4.39 Å². The Morgan fingerprint density at radius 2 is 2.04 bits per heavy atom. The first kappa shape index (κ1) is 17.8. The molecule has 26 heavy (non-hydrogen) atoms. The number of rotatable bonds is 5. The number of para-hydroxylation sites is 1. The van der Waals surface area contributed by atoms with Gasteiger partial charge in [-0.15, -0.1) is 0 Å². The van der Waals surface area contributed by atoms with Crippen molar-refractivity contribution in [2.24, 2.45) is 0 Å². The van der Waals surface area contributed by atoms with E-state index in [9.17, 15) is 19.1 Å². The van der Waals surface area contributed by atoms with Crippen molar-refractivity contribution >= 4 is 16.8 Å². The fraction of sp³-hybridized carbons (Fsp3) is 0.211. The van der Waals surface area contributed by atoms with Gasteiger partial charge in [-0.1, -0.05) is 24.3 Å². The summed E-state index contributed by atoms with van der Waals surface area (Å²) in [5.74, 6) is -0.477. The second kappa shape index (κ2) is 7.45. The molecular formula is C19H18FN3O3. The Bertz CT molecular complexity index is 1020. The number of aryl methyl sites for hydroxylation is 1. The number of amides is 1. The van der Waals surface area contributed by atoms with Crippen LogP contribution in [0.1, 0.15) is 17.5 Å². The van der Waals surface area contributed by atoms with E-state index in [-0.39, 0.29) is 18.6 Å². The smallest absolute Gasteiger partial charge is 0.261 e. The van der Waals surface area contributed by atoms with Crippen LogP contribution in [0.15, 0.2) is 53.3 Å². The van der Waals surface area contributed by atoms with Crippen molar-refractivity contribution in [3.63, 3.8) is 0 Å². The largest absolute Gasteiger partial charge is 0.387 e. The van der Waals surface area contributed by atoms with Gasteiger partial charge in [-0.2, -0.15) is 0 Å². The highest BCUT2D eigenvalue weighted by atomic mass is 19.1. The molecule has 0 saturated heterocycles. The topological polar surface area (TPSA) is 84.2 Å². The molecule has 0 aliphatic heterocycles. The Labute approximate surface area is 148 Å². The molecule has 0 aliphatic rings. The molecule has 1 heterocycles. The van der Waals surface area contributed by atoms with Crippen molar-refractivity contribution in [1.82, 2.24) is 14.9 Å². The summed E-state index contributed by atoms with van der Waals surface area (Å²) in [6, 6.07) is 12.5. The minimum atomic E-state index is -1.04. The number of aromatic nitrogens is 2. The van der Waals surface area contributed by atoms with Gasteiger partial charge in [0, 0.05) is 6.54 Å². The molecule has 134 valence electrons. The zero-order chi connectivity index (χ0) is 18.7. The van der Waals surface area contributed by atoms with Gasteiger partial charge < -0.3 is 10.4 Å². The number of hydrogen-bond donors (Lipinski definition) is 2. The fourth-order valence-electron chi connectivity index (χ4n) is 2.71. The molecular weight excluding hydrogens is 337 g/mol. The summed E-state index contributed by atoms with van der Waals surface area (Å²) in [7, 11) is 0. The second-order valence-electron chi connectivity index (χ2n) is 5.94. The predicted octanol–water partition coefficient (Wildman–Crippen LogP) is 1.69. The fourth-order valence-corrected chi connectivity index (χ4v) is 2.71. The molecule has 1 aromatic heterocycles. The maximum absolute atomic E-state index is 13.2. The van der Waals surface area contributed by atoms with Gasteiger partial charge in [0.15, 0.2) is 0 Å². The molecule has 0 saturated carbocycles. The van der Waals surface area contributed by atoms with Crippen LogP contribution in [0.5, 0.6) is 0 Å². The molecule has 2 aromatic carbocycles. The van der Waals surface area contributed by atoms with Crippen molar-refractivity contribution in [3.05, 3.63) is 76.1 Å². The number of halogens is 1. The van der Waals surface area contributed by atoms with Crippen LogP contribution in [-0.4, -0.2) is 27.1 Å². The average molecular weight is 355 g/mol. The summed E-state index contributed by atoms with van der Waals surface area (Å²) >= 11 is 0. The number of aliphatic hydroxyl groups excluding tert-OH is 1.